The molecule has 4 heteroatoms. The summed E-state index contributed by atoms with van der Waals surface area (Å²) in [5, 5.41) is 3.05. The summed E-state index contributed by atoms with van der Waals surface area (Å²) < 4.78 is 0. The van der Waals surface area contributed by atoms with E-state index in [0.29, 0.717) is 23.3 Å². The fourth-order valence-electron chi connectivity index (χ4n) is 2.63. The van der Waals surface area contributed by atoms with Crippen LogP contribution in [0.4, 0.5) is 0 Å². The number of nitrogens with zero attached hydrogens (tertiary/aromatic N) is 1. The largest absolute Gasteiger partial charge is 0.352 e. The van der Waals surface area contributed by atoms with Crippen molar-refractivity contribution >= 4 is 16.9 Å². The molecule has 108 valence electrons. The minimum Gasteiger partial charge on any atom is -0.352 e. The molecule has 0 unspecified atom stereocenters. The lowest BCUT2D eigenvalue weighted by Crippen LogP contribution is -2.33. The molecule has 1 aromatic heterocycles. The number of aromatic nitrogens is 2. The van der Waals surface area contributed by atoms with Gasteiger partial charge in [0.1, 0.15) is 0 Å². The third-order valence-electron chi connectivity index (χ3n) is 3.89. The number of imidazole rings is 1. The lowest BCUT2D eigenvalue weighted by atomic mass is 9.85. The van der Waals surface area contributed by atoms with Gasteiger partial charge >= 0.3 is 0 Å². The van der Waals surface area contributed by atoms with Crippen molar-refractivity contribution in [2.75, 3.05) is 6.54 Å². The summed E-state index contributed by atoms with van der Waals surface area (Å²) in [7, 11) is 0. The minimum absolute atomic E-state index is 0.0206. The molecule has 0 spiro atoms. The zero-order valence-electron chi connectivity index (χ0n) is 12.6. The number of carbonyl (C=O) groups is 1. The van der Waals surface area contributed by atoms with Gasteiger partial charge in [0.05, 0.1) is 17.4 Å². The highest BCUT2D eigenvalue weighted by atomic mass is 16.1. The number of H-pyrrole nitrogens is 1. The molecule has 1 heterocycles. The molecule has 2 rings (SSSR count). The zero-order chi connectivity index (χ0) is 14.7. The fourth-order valence-corrected chi connectivity index (χ4v) is 2.63. The van der Waals surface area contributed by atoms with E-state index in [4.69, 9.17) is 0 Å². The van der Waals surface area contributed by atoms with E-state index >= 15 is 0 Å². The van der Waals surface area contributed by atoms with Crippen LogP contribution in [-0.2, 0) is 0 Å². The molecule has 2 N–H and O–H groups in total. The third kappa shape index (κ3) is 3.18. The molecule has 0 bridgehead atoms. The van der Waals surface area contributed by atoms with Gasteiger partial charge in [-0.3, -0.25) is 4.79 Å². The first kappa shape index (κ1) is 14.6. The molecule has 0 aliphatic carbocycles. The third-order valence-corrected chi connectivity index (χ3v) is 3.89. The van der Waals surface area contributed by atoms with Gasteiger partial charge in [0.15, 0.2) is 0 Å². The van der Waals surface area contributed by atoms with E-state index in [1.807, 2.05) is 18.2 Å². The van der Waals surface area contributed by atoms with Crippen LogP contribution in [0.3, 0.4) is 0 Å². The Hall–Kier alpha value is -1.84. The zero-order valence-corrected chi connectivity index (χ0v) is 12.6. The van der Waals surface area contributed by atoms with Crippen LogP contribution in [0.5, 0.6) is 0 Å². The predicted molar refractivity (Wildman–Crippen MR) is 81.6 cm³/mol. The summed E-state index contributed by atoms with van der Waals surface area (Å²) >= 11 is 0. The second-order valence-corrected chi connectivity index (χ2v) is 6.00. The lowest BCUT2D eigenvalue weighted by Gasteiger charge is -2.25. The van der Waals surface area contributed by atoms with E-state index in [2.05, 4.69) is 43.0 Å². The van der Waals surface area contributed by atoms with E-state index in [0.717, 1.165) is 17.6 Å². The van der Waals surface area contributed by atoms with E-state index in [-0.39, 0.29) is 5.91 Å². The molecule has 0 atom stereocenters. The van der Waals surface area contributed by atoms with Crippen molar-refractivity contribution in [1.29, 1.82) is 0 Å². The van der Waals surface area contributed by atoms with Crippen molar-refractivity contribution in [1.82, 2.24) is 15.3 Å². The van der Waals surface area contributed by atoms with Gasteiger partial charge < -0.3 is 10.3 Å². The summed E-state index contributed by atoms with van der Waals surface area (Å²) in [5.41, 5.74) is 2.44. The van der Waals surface area contributed by atoms with E-state index in [9.17, 15) is 4.79 Å². The van der Waals surface area contributed by atoms with Gasteiger partial charge in [-0.1, -0.05) is 27.7 Å². The summed E-state index contributed by atoms with van der Waals surface area (Å²) in [4.78, 5) is 19.4. The standard InChI is InChI=1S/C16H23N3O/c1-10(2)13(11(3)4)8-17-16(20)12-5-6-14-15(7-12)19-9-18-14/h5-7,9-11,13H,8H2,1-4H3,(H,17,20)(H,18,19). The average molecular weight is 273 g/mol. The van der Waals surface area contributed by atoms with Crippen molar-refractivity contribution < 1.29 is 4.79 Å². The average Bonchev–Trinajstić information content (AvgIpc) is 2.84. The topological polar surface area (TPSA) is 57.8 Å². The summed E-state index contributed by atoms with van der Waals surface area (Å²) in [6.45, 7) is 9.52. The number of aromatic amines is 1. The molecule has 1 amide bonds. The number of rotatable bonds is 5. The minimum atomic E-state index is -0.0206. The van der Waals surface area contributed by atoms with Crippen LogP contribution in [0.1, 0.15) is 38.1 Å². The molecule has 20 heavy (non-hydrogen) atoms. The Kier molecular flexibility index (Phi) is 4.42. The molecule has 2 aromatic rings. The Morgan fingerprint density at radius 2 is 1.95 bits per heavy atom. The lowest BCUT2D eigenvalue weighted by molar-refractivity contribution is 0.0937. The molecule has 0 aliphatic heterocycles. The van der Waals surface area contributed by atoms with Crippen LogP contribution < -0.4 is 5.32 Å². The summed E-state index contributed by atoms with van der Waals surface area (Å²) in [6, 6.07) is 5.53. The highest BCUT2D eigenvalue weighted by molar-refractivity contribution is 5.97. The van der Waals surface area contributed by atoms with Crippen molar-refractivity contribution in [2.45, 2.75) is 27.7 Å². The molecule has 1 aromatic carbocycles. The molecule has 0 fully saturated rings. The van der Waals surface area contributed by atoms with E-state index < -0.39 is 0 Å². The molecule has 0 aliphatic rings. The molecular formula is C16H23N3O. The fraction of sp³-hybridized carbons (Fsp3) is 0.500. The number of carbonyl (C=O) groups excluding carboxylic acids is 1. The van der Waals surface area contributed by atoms with Crippen molar-refractivity contribution in [3.8, 4) is 0 Å². The SMILES string of the molecule is CC(C)C(CNC(=O)c1ccc2nc[nH]c2c1)C(C)C. The van der Waals surface area contributed by atoms with Crippen LogP contribution in [0.2, 0.25) is 0 Å². The smallest absolute Gasteiger partial charge is 0.251 e. The van der Waals surface area contributed by atoms with Gasteiger partial charge in [0.2, 0.25) is 0 Å². The van der Waals surface area contributed by atoms with Crippen LogP contribution in [0.25, 0.3) is 11.0 Å². The monoisotopic (exact) mass is 273 g/mol. The number of amides is 1. The first-order chi connectivity index (χ1) is 9.49. The number of fused-ring (bicyclic) bond motifs is 1. The Balaban J connectivity index is 2.04. The number of hydrogen-bond acceptors (Lipinski definition) is 2. The Bertz CT molecular complexity index is 578. The van der Waals surface area contributed by atoms with Crippen molar-refractivity contribution in [3.63, 3.8) is 0 Å². The Morgan fingerprint density at radius 3 is 2.60 bits per heavy atom. The van der Waals surface area contributed by atoms with Crippen LogP contribution >= 0.6 is 0 Å². The van der Waals surface area contributed by atoms with Gasteiger partial charge in [-0.2, -0.15) is 0 Å². The first-order valence-electron chi connectivity index (χ1n) is 7.20. The maximum absolute atomic E-state index is 12.2. The molecule has 4 nitrogen and oxygen atoms in total. The maximum atomic E-state index is 12.2. The molecular weight excluding hydrogens is 250 g/mol. The normalized spacial score (nSPS) is 11.8. The van der Waals surface area contributed by atoms with Crippen molar-refractivity contribution in [2.24, 2.45) is 17.8 Å². The second-order valence-electron chi connectivity index (χ2n) is 6.00. The van der Waals surface area contributed by atoms with Gasteiger partial charge in [0, 0.05) is 12.1 Å². The van der Waals surface area contributed by atoms with Gasteiger partial charge in [-0.25, -0.2) is 4.98 Å². The van der Waals surface area contributed by atoms with Gasteiger partial charge in [-0.15, -0.1) is 0 Å². The van der Waals surface area contributed by atoms with Crippen LogP contribution in [0.15, 0.2) is 24.5 Å². The van der Waals surface area contributed by atoms with Crippen LogP contribution in [0, 0.1) is 17.8 Å². The number of nitrogens with one attached hydrogen (secondary N) is 2. The van der Waals surface area contributed by atoms with E-state index in [1.54, 1.807) is 6.33 Å². The Labute approximate surface area is 120 Å². The molecule has 0 saturated carbocycles. The first-order valence-corrected chi connectivity index (χ1v) is 7.20. The quantitative estimate of drug-likeness (QED) is 0.878. The highest BCUT2D eigenvalue weighted by Crippen LogP contribution is 2.19. The highest BCUT2D eigenvalue weighted by Gasteiger charge is 2.18. The van der Waals surface area contributed by atoms with Crippen LogP contribution in [-0.4, -0.2) is 22.4 Å². The Morgan fingerprint density at radius 1 is 1.25 bits per heavy atom. The number of benzene rings is 1. The molecule has 0 saturated heterocycles. The number of hydrogen-bond donors (Lipinski definition) is 2. The van der Waals surface area contributed by atoms with Crippen molar-refractivity contribution in [3.05, 3.63) is 30.1 Å². The maximum Gasteiger partial charge on any atom is 0.251 e. The summed E-state index contributed by atoms with van der Waals surface area (Å²) in [6.07, 6.45) is 1.64. The molecule has 0 radical (unpaired) electrons. The second kappa shape index (κ2) is 6.07. The van der Waals surface area contributed by atoms with Gasteiger partial charge in [0.25, 0.3) is 5.91 Å². The summed E-state index contributed by atoms with van der Waals surface area (Å²) in [5.74, 6) is 1.60. The predicted octanol–water partition coefficient (Wildman–Crippen LogP) is 3.22. The van der Waals surface area contributed by atoms with E-state index in [1.165, 1.54) is 0 Å². The van der Waals surface area contributed by atoms with Gasteiger partial charge in [-0.05, 0) is 36.0 Å².